The number of halogens is 1. The van der Waals surface area contributed by atoms with E-state index in [2.05, 4.69) is 4.98 Å². The molecule has 1 aromatic heterocycles. The molecule has 1 heterocycles. The summed E-state index contributed by atoms with van der Waals surface area (Å²) in [5.74, 6) is -0.484. The molecule has 1 aliphatic rings. The summed E-state index contributed by atoms with van der Waals surface area (Å²) in [5.41, 5.74) is 1.49. The third-order valence-electron chi connectivity index (χ3n) is 4.01. The van der Waals surface area contributed by atoms with Gasteiger partial charge in [-0.3, -0.25) is 4.98 Å². The molecule has 0 N–H and O–H groups in total. The predicted molar refractivity (Wildman–Crippen MR) is 85.7 cm³/mol. The Morgan fingerprint density at radius 1 is 1.25 bits per heavy atom. The molecular formula is C18H17ClNNaO3. The molecule has 3 rings (SSSR count). The minimum Gasteiger partial charge on any atom is -0.543 e. The smallest absolute Gasteiger partial charge is 0.543 e. The number of hydrogen-bond acceptors (Lipinski definition) is 4. The summed E-state index contributed by atoms with van der Waals surface area (Å²) in [4.78, 5) is 15.0. The number of aromatic nitrogens is 1. The van der Waals surface area contributed by atoms with Gasteiger partial charge in [-0.2, -0.15) is 0 Å². The Morgan fingerprint density at radius 3 is 2.71 bits per heavy atom. The van der Waals surface area contributed by atoms with Gasteiger partial charge in [0.15, 0.2) is 0 Å². The molecule has 1 aromatic carbocycles. The number of carboxylic acids is 1. The summed E-state index contributed by atoms with van der Waals surface area (Å²) in [6, 6.07) is 10.4. The van der Waals surface area contributed by atoms with Crippen molar-refractivity contribution in [1.82, 2.24) is 4.98 Å². The van der Waals surface area contributed by atoms with Crippen molar-refractivity contribution in [3.8, 4) is 5.75 Å². The second-order valence-electron chi connectivity index (χ2n) is 5.75. The Labute approximate surface area is 168 Å². The number of carbonyl (C=O) groups excluding carboxylic acids is 1. The van der Waals surface area contributed by atoms with Gasteiger partial charge in [0, 0.05) is 22.7 Å². The molecule has 2 aromatic rings. The maximum absolute atomic E-state index is 10.9. The van der Waals surface area contributed by atoms with E-state index in [1.54, 1.807) is 18.2 Å². The van der Waals surface area contributed by atoms with Gasteiger partial charge in [-0.15, -0.1) is 0 Å². The Hall–Kier alpha value is -1.07. The van der Waals surface area contributed by atoms with Crippen LogP contribution in [0, 0.1) is 0 Å². The van der Waals surface area contributed by atoms with Crippen LogP contribution in [-0.2, 0) is 6.42 Å². The van der Waals surface area contributed by atoms with Gasteiger partial charge in [-0.05, 0) is 56.0 Å². The Kier molecular flexibility index (Phi) is 7.11. The van der Waals surface area contributed by atoms with E-state index in [1.807, 2.05) is 12.1 Å². The van der Waals surface area contributed by atoms with Crippen LogP contribution in [0.5, 0.6) is 5.75 Å². The van der Waals surface area contributed by atoms with E-state index >= 15 is 0 Å². The quantitative estimate of drug-likeness (QED) is 0.711. The van der Waals surface area contributed by atoms with Crippen LogP contribution in [0.1, 0.15) is 47.4 Å². The van der Waals surface area contributed by atoms with Crippen molar-refractivity contribution in [3.05, 3.63) is 58.4 Å². The fraction of sp³-hybridized carbons (Fsp3) is 0.333. The van der Waals surface area contributed by atoms with Crippen LogP contribution >= 0.6 is 11.6 Å². The van der Waals surface area contributed by atoms with Gasteiger partial charge in [0.05, 0.1) is 17.8 Å². The molecule has 0 bridgehead atoms. The number of pyridine rings is 1. The minimum absolute atomic E-state index is 0. The zero-order valence-electron chi connectivity index (χ0n) is 13.6. The first-order valence-corrected chi connectivity index (χ1v) is 8.12. The van der Waals surface area contributed by atoms with E-state index in [1.165, 1.54) is 18.9 Å². The second-order valence-corrected chi connectivity index (χ2v) is 6.19. The van der Waals surface area contributed by atoms with E-state index in [9.17, 15) is 9.90 Å². The molecule has 0 saturated heterocycles. The summed E-state index contributed by atoms with van der Waals surface area (Å²) >= 11 is 6.10. The van der Waals surface area contributed by atoms with Crippen molar-refractivity contribution >= 4 is 17.6 Å². The van der Waals surface area contributed by atoms with E-state index in [0.29, 0.717) is 17.1 Å². The van der Waals surface area contributed by atoms with Crippen LogP contribution in [0.25, 0.3) is 0 Å². The van der Waals surface area contributed by atoms with Crippen molar-refractivity contribution in [2.45, 2.75) is 38.2 Å². The van der Waals surface area contributed by atoms with Crippen molar-refractivity contribution in [3.63, 3.8) is 0 Å². The fourth-order valence-electron chi connectivity index (χ4n) is 2.87. The average molecular weight is 354 g/mol. The maximum atomic E-state index is 10.9. The third-order valence-corrected chi connectivity index (χ3v) is 4.24. The Bertz CT molecular complexity index is 717. The number of nitrogens with zero attached hydrogens (tertiary/aromatic N) is 1. The molecule has 0 spiro atoms. The van der Waals surface area contributed by atoms with E-state index in [0.717, 1.165) is 24.2 Å². The largest absolute Gasteiger partial charge is 1.00 e. The van der Waals surface area contributed by atoms with Crippen molar-refractivity contribution in [2.24, 2.45) is 0 Å². The van der Waals surface area contributed by atoms with Gasteiger partial charge in [0.2, 0.25) is 0 Å². The molecule has 1 aliphatic carbocycles. The summed E-state index contributed by atoms with van der Waals surface area (Å²) < 4.78 is 6.10. The number of ether oxygens (including phenoxy) is 1. The Balaban J connectivity index is 0.00000208. The summed E-state index contributed by atoms with van der Waals surface area (Å²) in [6.45, 7) is 0. The van der Waals surface area contributed by atoms with Crippen molar-refractivity contribution in [2.75, 3.05) is 0 Å². The average Bonchev–Trinajstić information content (AvgIpc) is 3.03. The first kappa shape index (κ1) is 19.3. The first-order chi connectivity index (χ1) is 11.1. The summed E-state index contributed by atoms with van der Waals surface area (Å²) in [6.07, 6.45) is 5.24. The molecule has 6 heteroatoms. The van der Waals surface area contributed by atoms with Crippen LogP contribution in [-0.4, -0.2) is 17.1 Å². The number of benzene rings is 1. The molecule has 0 amide bonds. The number of carboxylic acid groups (broad SMARTS) is 1. The van der Waals surface area contributed by atoms with Gasteiger partial charge >= 0.3 is 29.6 Å². The fourth-order valence-corrected chi connectivity index (χ4v) is 3.07. The van der Waals surface area contributed by atoms with Gasteiger partial charge in [0.1, 0.15) is 5.75 Å². The standard InChI is InChI=1S/C18H18ClNO3.Na/c19-13-8-9-17(23-15-5-1-2-6-15)12(10-13)11-14-4-3-7-16(20-14)18(21)22;/h3-4,7-10,15H,1-2,5-6,11H2,(H,21,22);/q;+1/p-1. The Morgan fingerprint density at radius 2 is 2.00 bits per heavy atom. The normalized spacial score (nSPS) is 14.2. The third kappa shape index (κ3) is 4.96. The topological polar surface area (TPSA) is 62.2 Å². The molecule has 120 valence electrons. The second kappa shape index (κ2) is 8.86. The van der Waals surface area contributed by atoms with Crippen molar-refractivity contribution < 1.29 is 44.2 Å². The predicted octanol–water partition coefficient (Wildman–Crippen LogP) is 0.0147. The van der Waals surface area contributed by atoms with Crippen molar-refractivity contribution in [1.29, 1.82) is 0 Å². The number of aromatic carboxylic acids is 1. The number of carbonyl (C=O) groups is 1. The van der Waals surface area contributed by atoms with Crippen LogP contribution in [0.3, 0.4) is 0 Å². The van der Waals surface area contributed by atoms with E-state index in [4.69, 9.17) is 16.3 Å². The molecular weight excluding hydrogens is 337 g/mol. The number of hydrogen-bond donors (Lipinski definition) is 0. The minimum atomic E-state index is -1.28. The van der Waals surface area contributed by atoms with Gasteiger partial charge < -0.3 is 14.6 Å². The number of rotatable bonds is 5. The molecule has 4 nitrogen and oxygen atoms in total. The molecule has 0 unspecified atom stereocenters. The molecule has 24 heavy (non-hydrogen) atoms. The van der Waals surface area contributed by atoms with Gasteiger partial charge in [0.25, 0.3) is 0 Å². The SMILES string of the molecule is O=C([O-])c1cccc(Cc2cc(Cl)ccc2OC2CCCC2)n1.[Na+]. The zero-order chi connectivity index (χ0) is 16.2. The van der Waals surface area contributed by atoms with Crippen LogP contribution < -0.4 is 39.4 Å². The first-order valence-electron chi connectivity index (χ1n) is 7.74. The summed E-state index contributed by atoms with van der Waals surface area (Å²) in [5, 5.41) is 11.6. The van der Waals surface area contributed by atoms with Crippen LogP contribution in [0.4, 0.5) is 0 Å². The molecule has 0 atom stereocenters. The maximum Gasteiger partial charge on any atom is 1.00 e. The van der Waals surface area contributed by atoms with Gasteiger partial charge in [-0.25, -0.2) is 0 Å². The van der Waals surface area contributed by atoms with E-state index < -0.39 is 5.97 Å². The van der Waals surface area contributed by atoms with Crippen LogP contribution in [0.15, 0.2) is 36.4 Å². The van der Waals surface area contributed by atoms with Crippen LogP contribution in [0.2, 0.25) is 5.02 Å². The molecule has 1 fully saturated rings. The molecule has 0 aliphatic heterocycles. The molecule has 1 saturated carbocycles. The van der Waals surface area contributed by atoms with E-state index in [-0.39, 0.29) is 41.4 Å². The monoisotopic (exact) mass is 353 g/mol. The summed E-state index contributed by atoms with van der Waals surface area (Å²) in [7, 11) is 0. The molecule has 0 radical (unpaired) electrons. The van der Waals surface area contributed by atoms with Gasteiger partial charge in [-0.1, -0.05) is 17.7 Å². The zero-order valence-corrected chi connectivity index (χ0v) is 16.4.